The third kappa shape index (κ3) is 5.22. The molecule has 0 radical (unpaired) electrons. The molecule has 0 aliphatic rings. The lowest BCUT2D eigenvalue weighted by Crippen LogP contribution is -2.44. The first-order chi connectivity index (χ1) is 13.5. The minimum Gasteiger partial charge on any atom is -0.496 e. The van der Waals surface area contributed by atoms with Crippen LogP contribution < -0.4 is 4.74 Å². The van der Waals surface area contributed by atoms with Crippen molar-refractivity contribution in [1.29, 1.82) is 0 Å². The molecule has 0 aliphatic carbocycles. The number of rotatable bonds is 7. The second kappa shape index (κ2) is 9.05. The molecule has 0 aromatic heterocycles. The number of nitrogens with zero attached hydrogens (tertiary/aromatic N) is 2. The fourth-order valence-corrected chi connectivity index (χ4v) is 2.92. The maximum absolute atomic E-state index is 14.0. The van der Waals surface area contributed by atoms with Gasteiger partial charge in [-0.05, 0) is 43.2 Å². The van der Waals surface area contributed by atoms with Gasteiger partial charge in [-0.2, -0.15) is 13.2 Å². The molecule has 0 spiro atoms. The zero-order valence-electron chi connectivity index (χ0n) is 16.7. The van der Waals surface area contributed by atoms with Crippen LogP contribution in [-0.2, 0) is 12.0 Å². The van der Waals surface area contributed by atoms with Crippen LogP contribution in [0.4, 0.5) is 18.9 Å². The van der Waals surface area contributed by atoms with E-state index in [-0.39, 0.29) is 11.3 Å². The summed E-state index contributed by atoms with van der Waals surface area (Å²) in [4.78, 5) is 6.13. The van der Waals surface area contributed by atoms with Crippen LogP contribution >= 0.6 is 11.6 Å². The molecule has 1 atom stereocenters. The second-order valence-corrected chi connectivity index (χ2v) is 7.25. The first-order valence-electron chi connectivity index (χ1n) is 8.99. The number of halogens is 4. The molecule has 0 saturated carbocycles. The number of ether oxygens (including phenoxy) is 1. The first kappa shape index (κ1) is 23.0. The molecule has 0 amide bonds. The van der Waals surface area contributed by atoms with E-state index in [1.54, 1.807) is 13.3 Å². The van der Waals surface area contributed by atoms with Gasteiger partial charge in [0.15, 0.2) is 5.60 Å². The maximum Gasteiger partial charge on any atom is 0.421 e. The van der Waals surface area contributed by atoms with E-state index in [0.717, 1.165) is 6.54 Å². The molecule has 0 fully saturated rings. The van der Waals surface area contributed by atoms with Gasteiger partial charge in [0.25, 0.3) is 0 Å². The molecule has 1 N–H and O–H groups in total. The first-order valence-corrected chi connectivity index (χ1v) is 9.36. The molecule has 158 valence electrons. The van der Waals surface area contributed by atoms with Crippen LogP contribution in [0.3, 0.4) is 0 Å². The number of methoxy groups -OCH3 is 1. The van der Waals surface area contributed by atoms with Crippen LogP contribution in [0.5, 0.6) is 5.75 Å². The molecule has 2 aromatic carbocycles. The van der Waals surface area contributed by atoms with Gasteiger partial charge in [0.1, 0.15) is 5.75 Å². The lowest BCUT2D eigenvalue weighted by Gasteiger charge is -2.32. The van der Waals surface area contributed by atoms with E-state index < -0.39 is 18.2 Å². The molecule has 1 unspecified atom stereocenters. The molecule has 0 heterocycles. The fourth-order valence-electron chi connectivity index (χ4n) is 2.80. The predicted molar refractivity (Wildman–Crippen MR) is 109 cm³/mol. The molecule has 4 nitrogen and oxygen atoms in total. The Labute approximate surface area is 173 Å². The number of hydrogen-bond acceptors (Lipinski definition) is 3. The molecule has 0 bridgehead atoms. The Balaban J connectivity index is 2.57. The monoisotopic (exact) mass is 428 g/mol. The van der Waals surface area contributed by atoms with Crippen molar-refractivity contribution in [3.05, 3.63) is 58.1 Å². The number of alkyl halides is 3. The van der Waals surface area contributed by atoms with Crippen molar-refractivity contribution in [2.45, 2.75) is 32.0 Å². The summed E-state index contributed by atoms with van der Waals surface area (Å²) in [5.41, 5.74) is -2.26. The van der Waals surface area contributed by atoms with Crippen LogP contribution in [0, 0.1) is 6.92 Å². The third-order valence-corrected chi connectivity index (χ3v) is 4.95. The van der Waals surface area contributed by atoms with E-state index in [0.29, 0.717) is 21.8 Å². The lowest BCUT2D eigenvalue weighted by atomic mass is 9.85. The van der Waals surface area contributed by atoms with E-state index in [4.69, 9.17) is 16.3 Å². The van der Waals surface area contributed by atoms with Gasteiger partial charge in [-0.1, -0.05) is 23.7 Å². The van der Waals surface area contributed by atoms with Crippen LogP contribution in [-0.4, -0.2) is 43.2 Å². The smallest absolute Gasteiger partial charge is 0.421 e. The highest BCUT2D eigenvalue weighted by atomic mass is 35.5. The van der Waals surface area contributed by atoms with Gasteiger partial charge in [0, 0.05) is 36.7 Å². The lowest BCUT2D eigenvalue weighted by molar-refractivity contribution is -0.266. The molecule has 2 rings (SSSR count). The highest BCUT2D eigenvalue weighted by molar-refractivity contribution is 6.30. The van der Waals surface area contributed by atoms with Gasteiger partial charge >= 0.3 is 6.18 Å². The van der Waals surface area contributed by atoms with Crippen LogP contribution in [0.1, 0.15) is 23.6 Å². The SMILES string of the molecule is CCN(C)/C=N/c1cc(OC)c(C(O)(Cc2ccc(Cl)cc2)C(F)(F)F)cc1C. The Morgan fingerprint density at radius 3 is 2.34 bits per heavy atom. The van der Waals surface area contributed by atoms with Gasteiger partial charge in [-0.25, -0.2) is 4.99 Å². The molecular weight excluding hydrogens is 405 g/mol. The quantitative estimate of drug-likeness (QED) is 0.483. The van der Waals surface area contributed by atoms with Gasteiger partial charge in [0.05, 0.1) is 19.1 Å². The fraction of sp³-hybridized carbons (Fsp3) is 0.381. The Morgan fingerprint density at radius 2 is 1.83 bits per heavy atom. The van der Waals surface area contributed by atoms with Crippen molar-refractivity contribution in [1.82, 2.24) is 4.90 Å². The van der Waals surface area contributed by atoms with Crippen molar-refractivity contribution in [2.24, 2.45) is 4.99 Å². The normalized spacial score (nSPS) is 14.1. The Morgan fingerprint density at radius 1 is 1.21 bits per heavy atom. The zero-order chi connectivity index (χ0) is 21.8. The largest absolute Gasteiger partial charge is 0.496 e. The third-order valence-electron chi connectivity index (χ3n) is 4.70. The van der Waals surface area contributed by atoms with Crippen LogP contribution in [0.15, 0.2) is 41.4 Å². The predicted octanol–water partition coefficient (Wildman–Crippen LogP) is 5.26. The minimum absolute atomic E-state index is 0.0873. The number of aliphatic hydroxyl groups is 1. The van der Waals surface area contributed by atoms with Crippen LogP contribution in [0.2, 0.25) is 5.02 Å². The Kier molecular flexibility index (Phi) is 7.19. The van der Waals surface area contributed by atoms with Crippen molar-refractivity contribution < 1.29 is 23.0 Å². The van der Waals surface area contributed by atoms with Gasteiger partial charge in [0.2, 0.25) is 0 Å². The summed E-state index contributed by atoms with van der Waals surface area (Å²) >= 11 is 5.82. The average Bonchev–Trinajstić information content (AvgIpc) is 2.67. The van der Waals surface area contributed by atoms with Gasteiger partial charge < -0.3 is 14.7 Å². The summed E-state index contributed by atoms with van der Waals surface area (Å²) in [6, 6.07) is 8.57. The average molecular weight is 429 g/mol. The summed E-state index contributed by atoms with van der Waals surface area (Å²) in [6.45, 7) is 4.32. The summed E-state index contributed by atoms with van der Waals surface area (Å²) < 4.78 is 47.3. The molecule has 8 heteroatoms. The van der Waals surface area contributed by atoms with Gasteiger partial charge in [-0.3, -0.25) is 0 Å². The Hall–Kier alpha value is -2.25. The van der Waals surface area contributed by atoms with E-state index >= 15 is 0 Å². The second-order valence-electron chi connectivity index (χ2n) is 6.82. The molecular formula is C21H24ClF3N2O2. The number of aliphatic imine (C=N–C) groups is 1. The van der Waals surface area contributed by atoms with E-state index in [1.165, 1.54) is 43.5 Å². The number of hydrogen-bond donors (Lipinski definition) is 1. The summed E-state index contributed by atoms with van der Waals surface area (Å²) in [5.74, 6) is -0.0873. The topological polar surface area (TPSA) is 45.1 Å². The summed E-state index contributed by atoms with van der Waals surface area (Å²) in [7, 11) is 3.10. The summed E-state index contributed by atoms with van der Waals surface area (Å²) in [6.07, 6.45) is -4.02. The summed E-state index contributed by atoms with van der Waals surface area (Å²) in [5, 5.41) is 11.2. The van der Waals surface area contributed by atoms with Crippen molar-refractivity contribution in [2.75, 3.05) is 20.7 Å². The number of aryl methyl sites for hydroxylation is 1. The van der Waals surface area contributed by atoms with E-state index in [1.807, 2.05) is 18.9 Å². The molecule has 0 saturated heterocycles. The molecule has 29 heavy (non-hydrogen) atoms. The van der Waals surface area contributed by atoms with E-state index in [2.05, 4.69) is 4.99 Å². The standard InChI is InChI=1S/C21H24ClF3N2O2/c1-5-27(3)13-26-18-11-19(29-4)17(10-14(18)2)20(28,21(23,24)25)12-15-6-8-16(22)9-7-15/h6-11,13,28H,5,12H2,1-4H3/b26-13+. The highest BCUT2D eigenvalue weighted by Gasteiger charge is 2.56. The zero-order valence-corrected chi connectivity index (χ0v) is 17.5. The van der Waals surface area contributed by atoms with Crippen molar-refractivity contribution in [3.63, 3.8) is 0 Å². The highest BCUT2D eigenvalue weighted by Crippen LogP contribution is 2.46. The van der Waals surface area contributed by atoms with Gasteiger partial charge in [-0.15, -0.1) is 0 Å². The van der Waals surface area contributed by atoms with Crippen LogP contribution in [0.25, 0.3) is 0 Å². The number of benzene rings is 2. The van der Waals surface area contributed by atoms with E-state index in [9.17, 15) is 18.3 Å². The van der Waals surface area contributed by atoms with Crippen molar-refractivity contribution >= 4 is 23.6 Å². The molecule has 2 aromatic rings. The maximum atomic E-state index is 14.0. The molecule has 0 aliphatic heterocycles. The minimum atomic E-state index is -4.93. The van der Waals surface area contributed by atoms with Crippen molar-refractivity contribution in [3.8, 4) is 5.75 Å². The Bertz CT molecular complexity index is 869.